The van der Waals surface area contributed by atoms with Crippen molar-refractivity contribution in [2.75, 3.05) is 32.7 Å². The fourth-order valence-corrected chi connectivity index (χ4v) is 2.05. The molecule has 0 radical (unpaired) electrons. The van der Waals surface area contributed by atoms with Crippen molar-refractivity contribution in [3.63, 3.8) is 0 Å². The number of aliphatic carboxylic acids is 1. The summed E-state index contributed by atoms with van der Waals surface area (Å²) in [6.07, 6.45) is 1.47. The molecule has 8 heteroatoms. The molecule has 19 heavy (non-hydrogen) atoms. The lowest BCUT2D eigenvalue weighted by molar-refractivity contribution is -0.137. The van der Waals surface area contributed by atoms with Gasteiger partial charge in [-0.1, -0.05) is 0 Å². The highest BCUT2D eigenvalue weighted by Crippen LogP contribution is 2.06. The molecule has 0 unspecified atom stereocenters. The van der Waals surface area contributed by atoms with Crippen LogP contribution in [0, 0.1) is 0 Å². The molecule has 2 rings (SSSR count). The van der Waals surface area contributed by atoms with Gasteiger partial charge in [-0.05, 0) is 0 Å². The molecule has 104 valence electrons. The zero-order valence-corrected chi connectivity index (χ0v) is 10.4. The number of nitrogens with zero attached hydrogens (tertiary/aromatic N) is 2. The van der Waals surface area contributed by atoms with Crippen molar-refractivity contribution in [2.24, 2.45) is 0 Å². The molecule has 1 amide bonds. The second-order valence-electron chi connectivity index (χ2n) is 4.43. The van der Waals surface area contributed by atoms with Gasteiger partial charge in [0.2, 0.25) is 0 Å². The number of rotatable bonds is 4. The maximum absolute atomic E-state index is 12.0. The summed E-state index contributed by atoms with van der Waals surface area (Å²) < 4.78 is 0. The third kappa shape index (κ3) is 3.44. The molecule has 1 aromatic heterocycles. The molecule has 0 saturated carbocycles. The molecule has 0 aliphatic carbocycles. The molecule has 1 fully saturated rings. The number of nitrogens with one attached hydrogen (secondary N) is 2. The number of carboxylic acid groups (broad SMARTS) is 1. The van der Waals surface area contributed by atoms with E-state index in [4.69, 9.17) is 5.11 Å². The first-order valence-corrected chi connectivity index (χ1v) is 6.07. The van der Waals surface area contributed by atoms with Crippen LogP contribution in [0.2, 0.25) is 0 Å². The van der Waals surface area contributed by atoms with E-state index in [1.165, 1.54) is 6.20 Å². The first kappa shape index (κ1) is 13.3. The fraction of sp³-hybridized carbons (Fsp3) is 0.545. The number of carbonyl (C=O) groups excluding carboxylic acids is 1. The lowest BCUT2D eigenvalue weighted by Gasteiger charge is -2.34. The van der Waals surface area contributed by atoms with Crippen LogP contribution in [0.3, 0.4) is 0 Å². The van der Waals surface area contributed by atoms with Gasteiger partial charge >= 0.3 is 11.7 Å². The van der Waals surface area contributed by atoms with Crippen LogP contribution in [0.15, 0.2) is 11.0 Å². The largest absolute Gasteiger partial charge is 0.481 e. The maximum atomic E-state index is 12.0. The molecule has 2 heterocycles. The molecular weight excluding hydrogens is 252 g/mol. The van der Waals surface area contributed by atoms with Gasteiger partial charge in [0, 0.05) is 38.9 Å². The average molecular weight is 268 g/mol. The van der Waals surface area contributed by atoms with E-state index in [-0.39, 0.29) is 18.0 Å². The van der Waals surface area contributed by atoms with Crippen LogP contribution in [-0.2, 0) is 4.79 Å². The predicted octanol–water partition coefficient (Wildman–Crippen LogP) is -1.06. The predicted molar refractivity (Wildman–Crippen MR) is 66.0 cm³/mol. The van der Waals surface area contributed by atoms with Gasteiger partial charge in [0.15, 0.2) is 0 Å². The summed E-state index contributed by atoms with van der Waals surface area (Å²) >= 11 is 0. The molecular formula is C11H16N4O4. The zero-order valence-electron chi connectivity index (χ0n) is 10.4. The Morgan fingerprint density at radius 1 is 1.26 bits per heavy atom. The molecule has 8 nitrogen and oxygen atoms in total. The van der Waals surface area contributed by atoms with Crippen molar-refractivity contribution in [3.8, 4) is 0 Å². The van der Waals surface area contributed by atoms with Crippen molar-refractivity contribution in [1.82, 2.24) is 19.8 Å². The summed E-state index contributed by atoms with van der Waals surface area (Å²) in [4.78, 5) is 41.9. The SMILES string of the molecule is O=C(O)CCN1CCN(C(=O)c2c[nH]c(=O)[nH]2)CC1. The van der Waals surface area contributed by atoms with Crippen molar-refractivity contribution in [3.05, 3.63) is 22.4 Å². The first-order valence-electron chi connectivity index (χ1n) is 6.07. The van der Waals surface area contributed by atoms with Gasteiger partial charge in [0.25, 0.3) is 5.91 Å². The summed E-state index contributed by atoms with van der Waals surface area (Å²) in [6.45, 7) is 2.86. The summed E-state index contributed by atoms with van der Waals surface area (Å²) in [5.41, 5.74) is -0.146. The Balaban J connectivity index is 1.84. The van der Waals surface area contributed by atoms with Crippen LogP contribution < -0.4 is 5.69 Å². The van der Waals surface area contributed by atoms with E-state index in [1.54, 1.807) is 4.90 Å². The number of carbonyl (C=O) groups is 2. The number of imidazole rings is 1. The molecule has 0 bridgehead atoms. The summed E-state index contributed by atoms with van der Waals surface area (Å²) in [5, 5.41) is 8.61. The number of amides is 1. The highest BCUT2D eigenvalue weighted by atomic mass is 16.4. The highest BCUT2D eigenvalue weighted by molar-refractivity contribution is 5.92. The Kier molecular flexibility index (Phi) is 4.00. The second kappa shape index (κ2) is 5.70. The van der Waals surface area contributed by atoms with E-state index in [0.717, 1.165) is 0 Å². The van der Waals surface area contributed by atoms with Gasteiger partial charge in [-0.3, -0.25) is 14.5 Å². The fourth-order valence-electron chi connectivity index (χ4n) is 2.05. The zero-order chi connectivity index (χ0) is 13.8. The lowest BCUT2D eigenvalue weighted by Crippen LogP contribution is -2.49. The minimum absolute atomic E-state index is 0.110. The molecule has 0 atom stereocenters. The van der Waals surface area contributed by atoms with E-state index >= 15 is 0 Å². The third-order valence-corrected chi connectivity index (χ3v) is 3.13. The lowest BCUT2D eigenvalue weighted by atomic mass is 10.2. The topological polar surface area (TPSA) is 110 Å². The molecule has 1 aliphatic heterocycles. The van der Waals surface area contributed by atoms with Gasteiger partial charge in [-0.2, -0.15) is 0 Å². The van der Waals surface area contributed by atoms with Crippen LogP contribution in [0.4, 0.5) is 0 Å². The van der Waals surface area contributed by atoms with Crippen LogP contribution in [-0.4, -0.2) is 69.5 Å². The van der Waals surface area contributed by atoms with Gasteiger partial charge in [0.05, 0.1) is 6.42 Å². The van der Waals surface area contributed by atoms with Crippen LogP contribution in [0.1, 0.15) is 16.9 Å². The van der Waals surface area contributed by atoms with Gasteiger partial charge < -0.3 is 20.0 Å². The Hall–Kier alpha value is -2.09. The Labute approximate surface area is 109 Å². The van der Waals surface area contributed by atoms with E-state index in [9.17, 15) is 14.4 Å². The first-order chi connectivity index (χ1) is 9.06. The number of carboxylic acids is 1. The van der Waals surface area contributed by atoms with E-state index in [0.29, 0.717) is 32.7 Å². The normalized spacial score (nSPS) is 16.5. The number of hydrogen-bond donors (Lipinski definition) is 3. The minimum atomic E-state index is -0.816. The number of aromatic nitrogens is 2. The van der Waals surface area contributed by atoms with Crippen molar-refractivity contribution >= 4 is 11.9 Å². The second-order valence-corrected chi connectivity index (χ2v) is 4.43. The summed E-state index contributed by atoms with van der Waals surface area (Å²) in [7, 11) is 0. The van der Waals surface area contributed by atoms with Crippen LogP contribution in [0.25, 0.3) is 0 Å². The van der Waals surface area contributed by atoms with Gasteiger partial charge in [0.1, 0.15) is 5.69 Å². The summed E-state index contributed by atoms with van der Waals surface area (Å²) in [6, 6.07) is 0. The number of piperazine rings is 1. The number of aromatic amines is 2. The smallest absolute Gasteiger partial charge is 0.323 e. The highest BCUT2D eigenvalue weighted by Gasteiger charge is 2.23. The van der Waals surface area contributed by atoms with Crippen molar-refractivity contribution in [2.45, 2.75) is 6.42 Å². The van der Waals surface area contributed by atoms with Crippen LogP contribution >= 0.6 is 0 Å². The summed E-state index contributed by atoms with van der Waals surface area (Å²) in [5.74, 6) is -1.03. The molecule has 0 spiro atoms. The standard InChI is InChI=1S/C11H16N4O4/c16-9(17)1-2-14-3-5-15(6-4-14)10(18)8-7-12-11(19)13-8/h7H,1-6H2,(H,16,17)(H2,12,13,19). The van der Waals surface area contributed by atoms with E-state index < -0.39 is 11.7 Å². The van der Waals surface area contributed by atoms with Gasteiger partial charge in [-0.15, -0.1) is 0 Å². The Morgan fingerprint density at radius 2 is 1.95 bits per heavy atom. The molecule has 0 aromatic carbocycles. The monoisotopic (exact) mass is 268 g/mol. The van der Waals surface area contributed by atoms with E-state index in [1.807, 2.05) is 4.90 Å². The quantitative estimate of drug-likeness (QED) is 0.644. The Bertz CT molecular complexity index is 513. The van der Waals surface area contributed by atoms with Crippen molar-refractivity contribution in [1.29, 1.82) is 0 Å². The Morgan fingerprint density at radius 3 is 2.47 bits per heavy atom. The molecule has 1 aliphatic rings. The molecule has 3 N–H and O–H groups in total. The number of H-pyrrole nitrogens is 2. The minimum Gasteiger partial charge on any atom is -0.481 e. The van der Waals surface area contributed by atoms with E-state index in [2.05, 4.69) is 9.97 Å². The van der Waals surface area contributed by atoms with Crippen LogP contribution in [0.5, 0.6) is 0 Å². The van der Waals surface area contributed by atoms with Crippen molar-refractivity contribution < 1.29 is 14.7 Å². The third-order valence-electron chi connectivity index (χ3n) is 3.13. The number of hydrogen-bond acceptors (Lipinski definition) is 4. The maximum Gasteiger partial charge on any atom is 0.323 e. The molecule has 1 saturated heterocycles. The average Bonchev–Trinajstić information content (AvgIpc) is 2.83. The van der Waals surface area contributed by atoms with Gasteiger partial charge in [-0.25, -0.2) is 4.79 Å². The molecule has 1 aromatic rings.